The number of piperidine rings is 1. The van der Waals surface area contributed by atoms with E-state index >= 15 is 0 Å². The lowest BCUT2D eigenvalue weighted by Crippen LogP contribution is -2.42. The van der Waals surface area contributed by atoms with Crippen LogP contribution in [0.2, 0.25) is 0 Å². The number of nitrogens with zero attached hydrogens (tertiary/aromatic N) is 2. The van der Waals surface area contributed by atoms with Crippen LogP contribution in [0.1, 0.15) is 36.8 Å². The molecule has 2 aliphatic heterocycles. The molecule has 1 unspecified atom stereocenters. The van der Waals surface area contributed by atoms with Gasteiger partial charge in [0.2, 0.25) is 5.91 Å². The SMILES string of the molecule is Cc1cc(CC2CCN(CC(=O)N3CCCCC3)C2)ccc1F. The van der Waals surface area contributed by atoms with E-state index in [1.807, 2.05) is 24.0 Å². The number of aryl methyl sites for hydroxylation is 1. The van der Waals surface area contributed by atoms with Crippen LogP contribution in [0.15, 0.2) is 18.2 Å². The van der Waals surface area contributed by atoms with E-state index in [0.29, 0.717) is 18.4 Å². The minimum Gasteiger partial charge on any atom is -0.342 e. The standard InChI is InChI=1S/C19H27FN2O/c1-15-11-16(5-6-18(15)20)12-17-7-10-21(13-17)14-19(23)22-8-3-2-4-9-22/h5-6,11,17H,2-4,7-10,12-14H2,1H3. The summed E-state index contributed by atoms with van der Waals surface area (Å²) in [5.41, 5.74) is 1.93. The zero-order chi connectivity index (χ0) is 16.2. The number of rotatable bonds is 4. The summed E-state index contributed by atoms with van der Waals surface area (Å²) in [7, 11) is 0. The second-order valence-electron chi connectivity index (χ2n) is 7.12. The van der Waals surface area contributed by atoms with Crippen LogP contribution in [0.5, 0.6) is 0 Å². The Balaban J connectivity index is 1.48. The van der Waals surface area contributed by atoms with Gasteiger partial charge < -0.3 is 4.90 Å². The number of hydrogen-bond acceptors (Lipinski definition) is 2. The van der Waals surface area contributed by atoms with Gasteiger partial charge in [-0.05, 0) is 68.7 Å². The summed E-state index contributed by atoms with van der Waals surface area (Å²) < 4.78 is 13.3. The summed E-state index contributed by atoms with van der Waals surface area (Å²) in [6, 6.07) is 5.41. The number of carbonyl (C=O) groups excluding carboxylic acids is 1. The average molecular weight is 318 g/mol. The van der Waals surface area contributed by atoms with Crippen molar-refractivity contribution in [3.8, 4) is 0 Å². The molecule has 0 N–H and O–H groups in total. The highest BCUT2D eigenvalue weighted by molar-refractivity contribution is 5.78. The molecule has 1 aromatic carbocycles. The van der Waals surface area contributed by atoms with Gasteiger partial charge in [0.15, 0.2) is 0 Å². The van der Waals surface area contributed by atoms with Gasteiger partial charge in [0.1, 0.15) is 5.82 Å². The molecule has 2 aliphatic rings. The first kappa shape index (κ1) is 16.4. The quantitative estimate of drug-likeness (QED) is 0.852. The van der Waals surface area contributed by atoms with Gasteiger partial charge in [-0.2, -0.15) is 0 Å². The maximum absolute atomic E-state index is 13.3. The Kier molecular flexibility index (Phi) is 5.31. The van der Waals surface area contributed by atoms with Gasteiger partial charge in [-0.3, -0.25) is 9.69 Å². The summed E-state index contributed by atoms with van der Waals surface area (Å²) in [6.07, 6.45) is 5.67. The molecule has 2 fully saturated rings. The van der Waals surface area contributed by atoms with Gasteiger partial charge in [0, 0.05) is 19.6 Å². The first-order chi connectivity index (χ1) is 11.1. The molecule has 3 rings (SSSR count). The maximum atomic E-state index is 13.3. The lowest BCUT2D eigenvalue weighted by atomic mass is 9.97. The first-order valence-corrected chi connectivity index (χ1v) is 8.87. The minimum atomic E-state index is -0.131. The number of amides is 1. The summed E-state index contributed by atoms with van der Waals surface area (Å²) in [5, 5.41) is 0. The second-order valence-corrected chi connectivity index (χ2v) is 7.12. The zero-order valence-electron chi connectivity index (χ0n) is 14.1. The molecule has 0 bridgehead atoms. The summed E-state index contributed by atoms with van der Waals surface area (Å²) in [5.74, 6) is 0.742. The van der Waals surface area contributed by atoms with E-state index in [1.54, 1.807) is 6.07 Å². The molecule has 126 valence electrons. The molecular formula is C19H27FN2O. The molecule has 0 saturated carbocycles. The van der Waals surface area contributed by atoms with Crippen LogP contribution in [0.4, 0.5) is 4.39 Å². The Labute approximate surface area is 138 Å². The molecule has 1 atom stereocenters. The third kappa shape index (κ3) is 4.31. The highest BCUT2D eigenvalue weighted by atomic mass is 19.1. The fourth-order valence-electron chi connectivity index (χ4n) is 3.82. The van der Waals surface area contributed by atoms with Crippen LogP contribution in [0.25, 0.3) is 0 Å². The zero-order valence-corrected chi connectivity index (χ0v) is 14.1. The largest absolute Gasteiger partial charge is 0.342 e. The van der Waals surface area contributed by atoms with Crippen molar-refractivity contribution in [3.63, 3.8) is 0 Å². The van der Waals surface area contributed by atoms with E-state index in [2.05, 4.69) is 4.90 Å². The molecule has 0 radical (unpaired) electrons. The monoisotopic (exact) mass is 318 g/mol. The van der Waals surface area contributed by atoms with E-state index in [9.17, 15) is 9.18 Å². The fourth-order valence-corrected chi connectivity index (χ4v) is 3.82. The smallest absolute Gasteiger partial charge is 0.236 e. The van der Waals surface area contributed by atoms with Crippen molar-refractivity contribution < 1.29 is 9.18 Å². The van der Waals surface area contributed by atoms with Crippen molar-refractivity contribution in [1.82, 2.24) is 9.80 Å². The minimum absolute atomic E-state index is 0.131. The predicted octanol–water partition coefficient (Wildman–Crippen LogP) is 3.01. The van der Waals surface area contributed by atoms with Gasteiger partial charge in [0.05, 0.1) is 6.54 Å². The van der Waals surface area contributed by atoms with Gasteiger partial charge >= 0.3 is 0 Å². The van der Waals surface area contributed by atoms with E-state index in [4.69, 9.17) is 0 Å². The van der Waals surface area contributed by atoms with Crippen LogP contribution in [0, 0.1) is 18.7 Å². The predicted molar refractivity (Wildman–Crippen MR) is 89.8 cm³/mol. The summed E-state index contributed by atoms with van der Waals surface area (Å²) in [4.78, 5) is 16.7. The highest BCUT2D eigenvalue weighted by Crippen LogP contribution is 2.22. The molecule has 4 heteroatoms. The van der Waals surface area contributed by atoms with Crippen LogP contribution in [-0.2, 0) is 11.2 Å². The van der Waals surface area contributed by atoms with Crippen LogP contribution < -0.4 is 0 Å². The molecule has 1 aromatic rings. The molecule has 1 amide bonds. The Morgan fingerprint density at radius 1 is 1.22 bits per heavy atom. The number of carbonyl (C=O) groups is 1. The highest BCUT2D eigenvalue weighted by Gasteiger charge is 2.26. The van der Waals surface area contributed by atoms with Crippen molar-refractivity contribution >= 4 is 5.91 Å². The van der Waals surface area contributed by atoms with Gasteiger partial charge in [-0.1, -0.05) is 12.1 Å². The van der Waals surface area contributed by atoms with Crippen LogP contribution in [-0.4, -0.2) is 48.4 Å². The number of benzene rings is 1. The van der Waals surface area contributed by atoms with Crippen LogP contribution in [0.3, 0.4) is 0 Å². The molecular weight excluding hydrogens is 291 g/mol. The second kappa shape index (κ2) is 7.43. The summed E-state index contributed by atoms with van der Waals surface area (Å²) in [6.45, 7) is 6.24. The van der Waals surface area contributed by atoms with Gasteiger partial charge in [-0.15, -0.1) is 0 Å². The molecule has 2 heterocycles. The Morgan fingerprint density at radius 3 is 2.74 bits per heavy atom. The lowest BCUT2D eigenvalue weighted by Gasteiger charge is -2.28. The summed E-state index contributed by atoms with van der Waals surface area (Å²) >= 11 is 0. The van der Waals surface area contributed by atoms with Crippen molar-refractivity contribution in [2.75, 3.05) is 32.7 Å². The number of likely N-dealkylation sites (tertiary alicyclic amines) is 2. The van der Waals surface area contributed by atoms with Crippen molar-refractivity contribution in [3.05, 3.63) is 35.1 Å². The van der Waals surface area contributed by atoms with Crippen molar-refractivity contribution in [2.24, 2.45) is 5.92 Å². The average Bonchev–Trinajstić information content (AvgIpc) is 2.99. The maximum Gasteiger partial charge on any atom is 0.236 e. The molecule has 0 aliphatic carbocycles. The molecule has 0 spiro atoms. The van der Waals surface area contributed by atoms with Crippen molar-refractivity contribution in [2.45, 2.75) is 39.0 Å². The fraction of sp³-hybridized carbons (Fsp3) is 0.632. The van der Waals surface area contributed by atoms with E-state index < -0.39 is 0 Å². The van der Waals surface area contributed by atoms with E-state index in [-0.39, 0.29) is 5.82 Å². The Morgan fingerprint density at radius 2 is 2.00 bits per heavy atom. The van der Waals surface area contributed by atoms with E-state index in [1.165, 1.54) is 12.0 Å². The first-order valence-electron chi connectivity index (χ1n) is 8.87. The third-order valence-corrected chi connectivity index (χ3v) is 5.18. The normalized spacial score (nSPS) is 22.5. The van der Waals surface area contributed by atoms with Gasteiger partial charge in [0.25, 0.3) is 0 Å². The number of halogens is 1. The lowest BCUT2D eigenvalue weighted by molar-refractivity contribution is -0.133. The topological polar surface area (TPSA) is 23.6 Å². The molecule has 2 saturated heterocycles. The number of hydrogen-bond donors (Lipinski definition) is 0. The van der Waals surface area contributed by atoms with Crippen LogP contribution >= 0.6 is 0 Å². The van der Waals surface area contributed by atoms with Gasteiger partial charge in [-0.25, -0.2) is 4.39 Å². The Bertz CT molecular complexity index is 554. The van der Waals surface area contributed by atoms with E-state index in [0.717, 1.165) is 57.4 Å². The molecule has 3 nitrogen and oxygen atoms in total. The Hall–Kier alpha value is -1.42. The molecule has 23 heavy (non-hydrogen) atoms. The van der Waals surface area contributed by atoms with Crippen molar-refractivity contribution in [1.29, 1.82) is 0 Å². The molecule has 0 aromatic heterocycles. The third-order valence-electron chi connectivity index (χ3n) is 5.18.